The molecule has 1 unspecified atom stereocenters. The van der Waals surface area contributed by atoms with Gasteiger partial charge >= 0.3 is 41.8 Å². The number of carboxylic acid groups (broad SMARTS) is 2. The highest BCUT2D eigenvalue weighted by molar-refractivity contribution is 7.94. The summed E-state index contributed by atoms with van der Waals surface area (Å²) in [6, 6.07) is 3.77. The third-order valence-electron chi connectivity index (χ3n) is 6.44. The molecule has 4 rings (SSSR count). The maximum Gasteiger partial charge on any atom is 0.431 e. The van der Waals surface area contributed by atoms with Gasteiger partial charge in [-0.25, -0.2) is 36.9 Å². The Balaban J connectivity index is 0.000000497. The first-order valence-corrected chi connectivity index (χ1v) is 24.0. The van der Waals surface area contributed by atoms with Crippen molar-refractivity contribution >= 4 is 81.3 Å². The summed E-state index contributed by atoms with van der Waals surface area (Å²) in [7, 11) is -5.87. The van der Waals surface area contributed by atoms with E-state index in [1.54, 1.807) is 18.6 Å². The number of anilines is 1. The number of thiophene rings is 1. The minimum absolute atomic E-state index is 0.0104. The number of aliphatic carboxylic acids is 1. The second-order valence-corrected chi connectivity index (χ2v) is 19.7. The number of nitrogens with zero attached hydrogens (tertiary/aromatic N) is 5. The molecular weight excluding hydrogens is 968 g/mol. The van der Waals surface area contributed by atoms with Crippen LogP contribution in [0.3, 0.4) is 0 Å². The van der Waals surface area contributed by atoms with Crippen LogP contribution in [0.5, 0.6) is 6.01 Å². The predicted octanol–water partition coefficient (Wildman–Crippen LogP) is 1.89. The summed E-state index contributed by atoms with van der Waals surface area (Å²) in [6.45, 7) is 4.28. The van der Waals surface area contributed by atoms with Crippen LogP contribution in [0.15, 0.2) is 50.2 Å². The molecule has 64 heavy (non-hydrogen) atoms. The number of aromatic carboxylic acids is 1. The zero-order valence-corrected chi connectivity index (χ0v) is 38.7. The molecule has 0 fully saturated rings. The smallest absolute Gasteiger partial charge is 0.431 e. The summed E-state index contributed by atoms with van der Waals surface area (Å²) in [4.78, 5) is 97.4. The van der Waals surface area contributed by atoms with Crippen LogP contribution in [0.4, 0.5) is 23.9 Å². The molecule has 0 saturated carbocycles. The average Bonchev–Trinajstić information content (AvgIpc) is 3.64. The molecule has 23 nitrogen and oxygen atoms in total. The molecule has 6 N–H and O–H groups in total. The largest absolute Gasteiger partial charge is 0.778 e. The molecule has 3 aromatic heterocycles. The van der Waals surface area contributed by atoms with E-state index in [9.17, 15) is 59.8 Å². The van der Waals surface area contributed by atoms with E-state index < -0.39 is 93.4 Å². The van der Waals surface area contributed by atoms with E-state index in [1.807, 2.05) is 5.32 Å². The zero-order valence-electron chi connectivity index (χ0n) is 34.6. The van der Waals surface area contributed by atoms with Gasteiger partial charge in [-0.1, -0.05) is 11.6 Å². The second-order valence-electron chi connectivity index (χ2n) is 12.7. The number of sulfonamides is 1. The van der Waals surface area contributed by atoms with Crippen molar-refractivity contribution in [2.75, 3.05) is 44.0 Å². The number of methoxy groups -OCH3 is 1. The standard InChI is InChI=1S/C16H14ClF3N2O4.C11H11N5O6S2.C3H8NO5P.C3H9S/c1-8(2)26-14(24)10-6-9(4-5-11(10)17)22-13(23)7-12(16(18,19)20)21(3)15(22)25;1-5-12-9(15-11(13-5)22-2)14-10(19)16-24(20,21)6-3-4-23-7(6)8(17)18;5-3(6)1-4-2-10(7,8)9;1-4(2)3/h4-8H,1-3H3;3-4H,1-2H3,(H,17,18)(H2,12,13,14,15,16,19);4H,1-2H2,(H,5,6)(H2,7,8,9);1-3H3/q;;;+1/p-1. The van der Waals surface area contributed by atoms with E-state index in [2.05, 4.69) is 39.0 Å². The lowest BCUT2D eigenvalue weighted by atomic mass is 10.2. The number of hydrogen-bond donors (Lipinski definition) is 6. The molecule has 1 aromatic carbocycles. The number of alkyl halides is 3. The molecule has 354 valence electrons. The maximum atomic E-state index is 12.9. The number of halogens is 4. The number of rotatable bonds is 12. The van der Waals surface area contributed by atoms with Crippen LogP contribution in [-0.4, -0.2) is 116 Å². The minimum atomic E-state index is -4.86. The molecule has 0 saturated heterocycles. The number of aryl methyl sites for hydroxylation is 1. The summed E-state index contributed by atoms with van der Waals surface area (Å²) in [5.41, 5.74) is -4.01. The van der Waals surface area contributed by atoms with E-state index in [4.69, 9.17) is 36.2 Å². The molecule has 4 aromatic rings. The van der Waals surface area contributed by atoms with Gasteiger partial charge in [0.25, 0.3) is 15.6 Å². The number of carbonyl (C=O) groups excluding carboxylic acids is 2. The fourth-order valence-corrected chi connectivity index (χ4v) is 6.86. The Hall–Kier alpha value is -5.42. The van der Waals surface area contributed by atoms with Gasteiger partial charge < -0.3 is 34.0 Å². The first kappa shape index (κ1) is 56.6. The maximum absolute atomic E-state index is 12.9. The van der Waals surface area contributed by atoms with Crippen molar-refractivity contribution in [2.24, 2.45) is 7.05 Å². The van der Waals surface area contributed by atoms with Crippen molar-refractivity contribution < 1.29 is 74.8 Å². The Labute approximate surface area is 373 Å². The summed E-state index contributed by atoms with van der Waals surface area (Å²) >= 11 is 6.66. The van der Waals surface area contributed by atoms with E-state index >= 15 is 0 Å². The molecule has 0 aliphatic carbocycles. The van der Waals surface area contributed by atoms with E-state index in [0.29, 0.717) is 26.1 Å². The number of benzene rings is 1. The number of ether oxygens (including phenoxy) is 2. The number of aromatic nitrogens is 5. The van der Waals surface area contributed by atoms with Gasteiger partial charge in [0.15, 0.2) is 0 Å². The lowest BCUT2D eigenvalue weighted by Crippen LogP contribution is -2.40. The van der Waals surface area contributed by atoms with Crippen LogP contribution in [0.25, 0.3) is 5.69 Å². The molecule has 0 radical (unpaired) electrons. The van der Waals surface area contributed by atoms with Crippen molar-refractivity contribution in [1.29, 1.82) is 0 Å². The SMILES string of the molecule is CC(C)OC(=O)c1cc(-n2c(=O)cc(C(F)(F)F)n(C)c2=O)ccc1Cl.COc1nc(C)nc(NC(=O)NS(=O)(=O)c2ccsc2C(=O)O)n1.C[S+](C)C.O=C(O)CNCP(=O)([O-])O. The predicted molar refractivity (Wildman–Crippen MR) is 225 cm³/mol. The van der Waals surface area contributed by atoms with Crippen molar-refractivity contribution in [2.45, 2.75) is 37.9 Å². The second kappa shape index (κ2) is 24.6. The Morgan fingerprint density at radius 2 is 1.66 bits per heavy atom. The number of esters is 1. The van der Waals surface area contributed by atoms with Gasteiger partial charge in [0.1, 0.15) is 28.9 Å². The Bertz CT molecular complexity index is 2580. The van der Waals surface area contributed by atoms with Crippen molar-refractivity contribution in [1.82, 2.24) is 34.1 Å². The number of carboxylic acids is 2. The molecular formula is C33H41ClF3N8O15PS3. The lowest BCUT2D eigenvalue weighted by molar-refractivity contribution is -0.193. The quantitative estimate of drug-likeness (QED) is 0.0670. The van der Waals surface area contributed by atoms with E-state index in [0.717, 1.165) is 30.5 Å². The van der Waals surface area contributed by atoms with Crippen LogP contribution < -0.4 is 36.2 Å². The van der Waals surface area contributed by atoms with E-state index in [-0.39, 0.29) is 34.1 Å². The van der Waals surface area contributed by atoms with Crippen molar-refractivity contribution in [3.05, 3.63) is 83.5 Å². The zero-order chi connectivity index (χ0) is 49.5. The Morgan fingerprint density at radius 3 is 2.16 bits per heavy atom. The minimum Gasteiger partial charge on any atom is -0.778 e. The topological polar surface area (TPSA) is 340 Å². The fraction of sp³-hybridized carbons (Fsp3) is 0.364. The molecule has 0 aliphatic heterocycles. The number of urea groups is 1. The molecule has 0 spiro atoms. The molecule has 1 atom stereocenters. The first-order valence-electron chi connectivity index (χ1n) is 17.1. The Kier molecular flexibility index (Phi) is 21.7. The third kappa shape index (κ3) is 19.1. The fourth-order valence-electron chi connectivity index (χ4n) is 4.10. The highest BCUT2D eigenvalue weighted by atomic mass is 35.5. The Morgan fingerprint density at radius 1 is 1.06 bits per heavy atom. The number of hydrogen-bond acceptors (Lipinski definition) is 17. The van der Waals surface area contributed by atoms with Gasteiger partial charge in [-0.15, -0.1) is 11.3 Å². The van der Waals surface area contributed by atoms with Crippen molar-refractivity contribution in [3.8, 4) is 11.7 Å². The number of carbonyl (C=O) groups is 4. The van der Waals surface area contributed by atoms with Crippen LogP contribution in [0.1, 0.15) is 45.4 Å². The highest BCUT2D eigenvalue weighted by Crippen LogP contribution is 2.28. The summed E-state index contributed by atoms with van der Waals surface area (Å²) in [5, 5.41) is 22.3. The van der Waals surface area contributed by atoms with Crippen LogP contribution in [-0.2, 0) is 48.2 Å². The molecule has 0 bridgehead atoms. The van der Waals surface area contributed by atoms with Crippen molar-refractivity contribution in [3.63, 3.8) is 0 Å². The molecule has 2 amide bonds. The number of amides is 2. The molecule has 31 heteroatoms. The molecule has 0 aliphatic rings. The molecule has 3 heterocycles. The van der Waals surface area contributed by atoms with Gasteiger partial charge in [0, 0.05) is 13.1 Å². The average molecular weight is 1010 g/mol. The van der Waals surface area contributed by atoms with Crippen LogP contribution >= 0.6 is 30.5 Å². The number of nitrogens with one attached hydrogen (secondary N) is 3. The lowest BCUT2D eigenvalue weighted by Gasteiger charge is -2.15. The van der Waals surface area contributed by atoms with Gasteiger partial charge in [-0.3, -0.25) is 24.8 Å². The summed E-state index contributed by atoms with van der Waals surface area (Å²) < 4.78 is 85.2. The third-order valence-corrected chi connectivity index (χ3v) is 9.80. The van der Waals surface area contributed by atoms with Gasteiger partial charge in [0.2, 0.25) is 5.95 Å². The summed E-state index contributed by atoms with van der Waals surface area (Å²) in [5.74, 6) is -3.36. The summed E-state index contributed by atoms with van der Waals surface area (Å²) in [6.07, 6.45) is 0.571. The van der Waals surface area contributed by atoms with Crippen LogP contribution in [0.2, 0.25) is 5.02 Å². The normalized spacial score (nSPS) is 11.9. The van der Waals surface area contributed by atoms with Crippen LogP contribution in [0, 0.1) is 6.92 Å². The highest BCUT2D eigenvalue weighted by Gasteiger charge is 2.35. The first-order chi connectivity index (χ1) is 29.3. The van der Waals surface area contributed by atoms with Gasteiger partial charge in [-0.05, 0) is 61.3 Å². The van der Waals surface area contributed by atoms with Gasteiger partial charge in [0.05, 0.1) is 61.1 Å². The van der Waals surface area contributed by atoms with Gasteiger partial charge in [-0.2, -0.15) is 28.1 Å². The monoisotopic (exact) mass is 1010 g/mol. The van der Waals surface area contributed by atoms with E-state index in [1.165, 1.54) is 31.5 Å².